The predicted molar refractivity (Wildman–Crippen MR) is 136 cm³/mol. The number of rotatable bonds is 5. The number of phenols is 1. The maximum atomic E-state index is 13.6. The van der Waals surface area contributed by atoms with E-state index in [2.05, 4.69) is 10.4 Å². The topological polar surface area (TPSA) is 128 Å². The molecule has 182 valence electrons. The van der Waals surface area contributed by atoms with E-state index in [1.165, 1.54) is 16.9 Å². The first-order chi connectivity index (χ1) is 17.9. The van der Waals surface area contributed by atoms with E-state index in [0.717, 1.165) is 0 Å². The van der Waals surface area contributed by atoms with Crippen molar-refractivity contribution in [2.24, 2.45) is 0 Å². The van der Waals surface area contributed by atoms with E-state index < -0.39 is 11.8 Å². The number of benzene rings is 3. The molecule has 0 radical (unpaired) electrons. The van der Waals surface area contributed by atoms with Gasteiger partial charge in [0.2, 0.25) is 0 Å². The number of hydrogen-bond acceptors (Lipinski definition) is 6. The third kappa shape index (κ3) is 4.32. The van der Waals surface area contributed by atoms with Gasteiger partial charge in [0.1, 0.15) is 11.4 Å². The minimum atomic E-state index is -0.511. The Morgan fingerprint density at radius 1 is 1.05 bits per heavy atom. The molecule has 5 rings (SSSR count). The van der Waals surface area contributed by atoms with Gasteiger partial charge < -0.3 is 15.3 Å². The number of nitrogens with one attached hydrogen (secondary N) is 1. The molecule has 1 aromatic heterocycles. The van der Waals surface area contributed by atoms with Gasteiger partial charge in [-0.05, 0) is 61.5 Å². The molecule has 0 saturated carbocycles. The SMILES string of the molecule is C[C@H]1Cn2ncc(C(=O)Nc3cccc(C#N)c3)c2C(=O)N1c1ccc(C(=O)c2ccccc2O)cc1. The Morgan fingerprint density at radius 2 is 1.81 bits per heavy atom. The summed E-state index contributed by atoms with van der Waals surface area (Å²) in [6.45, 7) is 2.24. The molecule has 2 amide bonds. The van der Waals surface area contributed by atoms with Crippen molar-refractivity contribution >= 4 is 29.0 Å². The van der Waals surface area contributed by atoms with Crippen molar-refractivity contribution in [2.75, 3.05) is 10.2 Å². The van der Waals surface area contributed by atoms with Crippen molar-refractivity contribution in [2.45, 2.75) is 19.5 Å². The van der Waals surface area contributed by atoms with Gasteiger partial charge in [-0.3, -0.25) is 19.1 Å². The predicted octanol–water partition coefficient (Wildman–Crippen LogP) is 3.99. The Kier molecular flexibility index (Phi) is 5.99. The molecule has 37 heavy (non-hydrogen) atoms. The summed E-state index contributed by atoms with van der Waals surface area (Å²) in [4.78, 5) is 41.0. The molecule has 3 aromatic carbocycles. The van der Waals surface area contributed by atoms with Crippen LogP contribution < -0.4 is 10.2 Å². The Labute approximate surface area is 212 Å². The first-order valence-electron chi connectivity index (χ1n) is 11.5. The van der Waals surface area contributed by atoms with Crippen LogP contribution in [0.5, 0.6) is 5.75 Å². The van der Waals surface area contributed by atoms with Crippen molar-refractivity contribution in [3.63, 3.8) is 0 Å². The highest BCUT2D eigenvalue weighted by atomic mass is 16.3. The van der Waals surface area contributed by atoms with Crippen molar-refractivity contribution in [1.29, 1.82) is 5.26 Å². The number of aromatic nitrogens is 2. The average Bonchev–Trinajstić information content (AvgIpc) is 3.33. The van der Waals surface area contributed by atoms with Crippen molar-refractivity contribution in [3.8, 4) is 11.8 Å². The van der Waals surface area contributed by atoms with E-state index in [1.54, 1.807) is 71.6 Å². The van der Waals surface area contributed by atoms with Crippen LogP contribution in [0.15, 0.2) is 79.0 Å². The average molecular weight is 492 g/mol. The number of fused-ring (bicyclic) bond motifs is 1. The lowest BCUT2D eigenvalue weighted by atomic mass is 10.0. The lowest BCUT2D eigenvalue weighted by molar-refractivity contribution is 0.0933. The fraction of sp³-hybridized carbons (Fsp3) is 0.107. The van der Waals surface area contributed by atoms with Gasteiger partial charge >= 0.3 is 0 Å². The van der Waals surface area contributed by atoms with E-state index in [1.807, 2.05) is 13.0 Å². The number of ketones is 1. The van der Waals surface area contributed by atoms with Crippen LogP contribution in [-0.2, 0) is 6.54 Å². The van der Waals surface area contributed by atoms with Crippen molar-refractivity contribution in [1.82, 2.24) is 9.78 Å². The molecule has 2 N–H and O–H groups in total. The zero-order valence-electron chi connectivity index (χ0n) is 19.8. The van der Waals surface area contributed by atoms with Crippen LogP contribution in [0.1, 0.15) is 49.3 Å². The highest BCUT2D eigenvalue weighted by molar-refractivity contribution is 6.16. The van der Waals surface area contributed by atoms with Crippen LogP contribution in [0.2, 0.25) is 0 Å². The summed E-state index contributed by atoms with van der Waals surface area (Å²) >= 11 is 0. The number of nitrogens with zero attached hydrogens (tertiary/aromatic N) is 4. The number of hydrogen-bond donors (Lipinski definition) is 2. The van der Waals surface area contributed by atoms with Gasteiger partial charge in [0.25, 0.3) is 11.8 Å². The van der Waals surface area contributed by atoms with E-state index in [0.29, 0.717) is 29.0 Å². The molecule has 0 saturated heterocycles. The zero-order valence-corrected chi connectivity index (χ0v) is 19.8. The fourth-order valence-corrected chi connectivity index (χ4v) is 4.39. The summed E-state index contributed by atoms with van der Waals surface area (Å²) in [5.74, 6) is -1.34. The van der Waals surface area contributed by atoms with Crippen LogP contribution >= 0.6 is 0 Å². The van der Waals surface area contributed by atoms with Gasteiger partial charge in [-0.1, -0.05) is 18.2 Å². The molecule has 0 bridgehead atoms. The summed E-state index contributed by atoms with van der Waals surface area (Å²) < 4.78 is 1.51. The Balaban J connectivity index is 1.41. The smallest absolute Gasteiger partial charge is 0.277 e. The fourth-order valence-electron chi connectivity index (χ4n) is 4.39. The Hall–Kier alpha value is -5.23. The summed E-state index contributed by atoms with van der Waals surface area (Å²) in [7, 11) is 0. The standard InChI is InChI=1S/C28H21N5O4/c1-17-16-32-25(23(15-30-32)27(36)31-20-6-4-5-18(13-20)14-29)28(37)33(17)21-11-9-19(10-12-21)26(35)22-7-2-3-8-24(22)34/h2-13,15,17,34H,16H2,1H3,(H,31,36)/t17-/m0/s1. The summed E-state index contributed by atoms with van der Waals surface area (Å²) in [6, 6.07) is 21.1. The van der Waals surface area contributed by atoms with Crippen molar-refractivity contribution in [3.05, 3.63) is 107 Å². The van der Waals surface area contributed by atoms with E-state index in [9.17, 15) is 19.5 Å². The van der Waals surface area contributed by atoms with Gasteiger partial charge in [0, 0.05) is 16.9 Å². The van der Waals surface area contributed by atoms with E-state index in [-0.39, 0.29) is 34.4 Å². The Bertz CT molecular complexity index is 1580. The summed E-state index contributed by atoms with van der Waals surface area (Å²) in [6.07, 6.45) is 1.36. The molecule has 9 heteroatoms. The molecule has 2 heterocycles. The summed E-state index contributed by atoms with van der Waals surface area (Å²) in [5.41, 5.74) is 2.23. The zero-order chi connectivity index (χ0) is 26.1. The highest BCUT2D eigenvalue weighted by Gasteiger charge is 2.36. The molecule has 0 spiro atoms. The molecule has 1 aliphatic heterocycles. The number of aromatic hydroxyl groups is 1. The third-order valence-electron chi connectivity index (χ3n) is 6.19. The van der Waals surface area contributed by atoms with Crippen LogP contribution in [0.4, 0.5) is 11.4 Å². The normalized spacial score (nSPS) is 14.5. The largest absolute Gasteiger partial charge is 0.507 e. The monoisotopic (exact) mass is 491 g/mol. The summed E-state index contributed by atoms with van der Waals surface area (Å²) in [5, 5.41) is 26.1. The van der Waals surface area contributed by atoms with Crippen molar-refractivity contribution < 1.29 is 19.5 Å². The van der Waals surface area contributed by atoms with E-state index in [4.69, 9.17) is 5.26 Å². The van der Waals surface area contributed by atoms with Gasteiger partial charge in [0.05, 0.1) is 41.5 Å². The number of anilines is 2. The van der Waals surface area contributed by atoms with Crippen LogP contribution in [-0.4, -0.2) is 38.5 Å². The number of carbonyl (C=O) groups excluding carboxylic acids is 3. The molecular weight excluding hydrogens is 470 g/mol. The molecule has 0 unspecified atom stereocenters. The van der Waals surface area contributed by atoms with E-state index >= 15 is 0 Å². The third-order valence-corrected chi connectivity index (χ3v) is 6.19. The molecule has 9 nitrogen and oxygen atoms in total. The molecule has 0 aliphatic carbocycles. The van der Waals surface area contributed by atoms with Crippen LogP contribution in [0.25, 0.3) is 0 Å². The first kappa shape index (κ1) is 23.5. The number of para-hydroxylation sites is 1. The highest BCUT2D eigenvalue weighted by Crippen LogP contribution is 2.28. The molecular formula is C28H21N5O4. The van der Waals surface area contributed by atoms with Gasteiger partial charge in [-0.25, -0.2) is 0 Å². The number of phenolic OH excluding ortho intramolecular Hbond substituents is 1. The molecule has 1 atom stereocenters. The molecule has 0 fully saturated rings. The number of amides is 2. The number of carbonyl (C=O) groups is 3. The van der Waals surface area contributed by atoms with Gasteiger partial charge in [-0.15, -0.1) is 0 Å². The molecule has 1 aliphatic rings. The molecule has 4 aromatic rings. The Morgan fingerprint density at radius 3 is 2.54 bits per heavy atom. The maximum absolute atomic E-state index is 13.6. The quantitative estimate of drug-likeness (QED) is 0.406. The minimum absolute atomic E-state index is 0.102. The van der Waals surface area contributed by atoms with Gasteiger partial charge in [-0.2, -0.15) is 10.4 Å². The maximum Gasteiger partial charge on any atom is 0.277 e. The number of nitriles is 1. The van der Waals surface area contributed by atoms with Crippen LogP contribution in [0, 0.1) is 11.3 Å². The lowest BCUT2D eigenvalue weighted by Gasteiger charge is -2.34. The minimum Gasteiger partial charge on any atom is -0.507 e. The first-order valence-corrected chi connectivity index (χ1v) is 11.5. The lowest BCUT2D eigenvalue weighted by Crippen LogP contribution is -2.47. The second-order valence-electron chi connectivity index (χ2n) is 8.65. The van der Waals surface area contributed by atoms with Gasteiger partial charge in [0.15, 0.2) is 5.78 Å². The second-order valence-corrected chi connectivity index (χ2v) is 8.65. The second kappa shape index (κ2) is 9.43. The van der Waals surface area contributed by atoms with Crippen LogP contribution in [0.3, 0.4) is 0 Å².